The van der Waals surface area contributed by atoms with E-state index in [1.807, 2.05) is 0 Å². The molecule has 17 heavy (non-hydrogen) atoms. The molecular weight excluding hydrogens is 260 g/mol. The van der Waals surface area contributed by atoms with Crippen LogP contribution in [0.15, 0.2) is 18.2 Å². The van der Waals surface area contributed by atoms with Crippen molar-refractivity contribution in [2.45, 2.75) is 25.1 Å². The Hall–Kier alpha value is -0.850. The molecule has 96 valence electrons. The van der Waals surface area contributed by atoms with Crippen molar-refractivity contribution in [3.05, 3.63) is 34.6 Å². The quantitative estimate of drug-likeness (QED) is 0.500. The number of hydrazine groups is 1. The van der Waals surface area contributed by atoms with Crippen molar-refractivity contribution in [1.82, 2.24) is 5.43 Å². The van der Waals surface area contributed by atoms with Crippen LogP contribution in [0.4, 0.5) is 17.6 Å². The summed E-state index contributed by atoms with van der Waals surface area (Å²) in [5, 5.41) is -0.144. The highest BCUT2D eigenvalue weighted by Gasteiger charge is 2.28. The topological polar surface area (TPSA) is 38.0 Å². The molecule has 0 fully saturated rings. The molecule has 2 nitrogen and oxygen atoms in total. The van der Waals surface area contributed by atoms with Crippen LogP contribution in [-0.2, 0) is 0 Å². The van der Waals surface area contributed by atoms with Gasteiger partial charge in [-0.3, -0.25) is 11.3 Å². The van der Waals surface area contributed by atoms with E-state index in [1.54, 1.807) is 0 Å². The molecule has 0 aromatic heterocycles. The average molecular weight is 271 g/mol. The number of halogens is 5. The van der Waals surface area contributed by atoms with Gasteiger partial charge in [0, 0.05) is 12.5 Å². The van der Waals surface area contributed by atoms with Crippen LogP contribution in [-0.4, -0.2) is 6.18 Å². The van der Waals surface area contributed by atoms with Gasteiger partial charge in [-0.1, -0.05) is 17.7 Å². The lowest BCUT2D eigenvalue weighted by Crippen LogP contribution is -2.29. The summed E-state index contributed by atoms with van der Waals surface area (Å²) >= 11 is 5.54. The highest BCUT2D eigenvalue weighted by molar-refractivity contribution is 6.30. The van der Waals surface area contributed by atoms with Crippen molar-refractivity contribution >= 4 is 11.6 Å². The Labute approximate surface area is 101 Å². The fourth-order valence-corrected chi connectivity index (χ4v) is 1.57. The Morgan fingerprint density at radius 1 is 1.35 bits per heavy atom. The SMILES string of the molecule is NNC(CCC(F)(F)F)c1ccc(F)c(Cl)c1. The molecule has 1 aromatic carbocycles. The van der Waals surface area contributed by atoms with Gasteiger partial charge in [0.2, 0.25) is 0 Å². The molecule has 0 spiro atoms. The summed E-state index contributed by atoms with van der Waals surface area (Å²) in [4.78, 5) is 0. The average Bonchev–Trinajstić information content (AvgIpc) is 2.22. The lowest BCUT2D eigenvalue weighted by Gasteiger charge is -2.17. The zero-order valence-electron chi connectivity index (χ0n) is 8.69. The van der Waals surface area contributed by atoms with E-state index < -0.39 is 24.5 Å². The van der Waals surface area contributed by atoms with E-state index in [9.17, 15) is 17.6 Å². The molecule has 0 bridgehead atoms. The first-order valence-corrected chi connectivity index (χ1v) is 5.19. The monoisotopic (exact) mass is 270 g/mol. The largest absolute Gasteiger partial charge is 0.389 e. The Kier molecular flexibility index (Phi) is 4.73. The molecule has 3 N–H and O–H groups in total. The van der Waals surface area contributed by atoms with Crippen molar-refractivity contribution in [1.29, 1.82) is 0 Å². The van der Waals surface area contributed by atoms with Gasteiger partial charge in [-0.15, -0.1) is 0 Å². The number of nitrogens with one attached hydrogen (secondary N) is 1. The van der Waals surface area contributed by atoms with Gasteiger partial charge in [-0.25, -0.2) is 4.39 Å². The Morgan fingerprint density at radius 3 is 2.47 bits per heavy atom. The first-order valence-electron chi connectivity index (χ1n) is 4.81. The maximum absolute atomic E-state index is 12.9. The minimum absolute atomic E-state index is 0.144. The summed E-state index contributed by atoms with van der Waals surface area (Å²) < 4.78 is 49.0. The molecule has 1 unspecified atom stereocenters. The maximum atomic E-state index is 12.9. The molecule has 1 aromatic rings. The smallest absolute Gasteiger partial charge is 0.271 e. The number of hydrogen-bond acceptors (Lipinski definition) is 2. The molecule has 0 amide bonds. The van der Waals surface area contributed by atoms with Crippen molar-refractivity contribution in [3.8, 4) is 0 Å². The van der Waals surface area contributed by atoms with Crippen LogP contribution in [0.5, 0.6) is 0 Å². The molecule has 0 saturated carbocycles. The lowest BCUT2D eigenvalue weighted by molar-refractivity contribution is -0.136. The van der Waals surface area contributed by atoms with E-state index in [1.165, 1.54) is 12.1 Å². The number of rotatable bonds is 4. The molecule has 0 aliphatic heterocycles. The second-order valence-electron chi connectivity index (χ2n) is 3.55. The third-order valence-electron chi connectivity index (χ3n) is 2.26. The second kappa shape index (κ2) is 5.66. The molecule has 0 aliphatic carbocycles. The first kappa shape index (κ1) is 14.2. The fraction of sp³-hybridized carbons (Fsp3) is 0.400. The summed E-state index contributed by atoms with van der Waals surface area (Å²) in [5.74, 6) is 4.54. The number of alkyl halides is 3. The zero-order chi connectivity index (χ0) is 13.1. The molecule has 1 atom stereocenters. The number of nitrogens with two attached hydrogens (primary N) is 1. The fourth-order valence-electron chi connectivity index (χ4n) is 1.38. The van der Waals surface area contributed by atoms with E-state index >= 15 is 0 Å². The standard InChI is InChI=1S/C10H11ClF4N2/c11-7-5-6(1-2-8(7)12)9(17-16)3-4-10(13,14)15/h1-2,5,9,17H,3-4,16H2. The molecule has 0 radical (unpaired) electrons. The highest BCUT2D eigenvalue weighted by Crippen LogP contribution is 2.28. The lowest BCUT2D eigenvalue weighted by atomic mass is 10.0. The maximum Gasteiger partial charge on any atom is 0.389 e. The molecule has 0 saturated heterocycles. The minimum atomic E-state index is -4.25. The van der Waals surface area contributed by atoms with Gasteiger partial charge < -0.3 is 0 Å². The van der Waals surface area contributed by atoms with E-state index in [0.717, 1.165) is 6.07 Å². The summed E-state index contributed by atoms with van der Waals surface area (Å²) in [6.07, 6.45) is -5.46. The van der Waals surface area contributed by atoms with Crippen molar-refractivity contribution in [2.75, 3.05) is 0 Å². The van der Waals surface area contributed by atoms with Gasteiger partial charge in [-0.05, 0) is 24.1 Å². The van der Waals surface area contributed by atoms with Gasteiger partial charge in [0.25, 0.3) is 0 Å². The van der Waals surface area contributed by atoms with Crippen LogP contribution < -0.4 is 11.3 Å². The Balaban J connectivity index is 2.76. The van der Waals surface area contributed by atoms with E-state index in [4.69, 9.17) is 17.4 Å². The van der Waals surface area contributed by atoms with Gasteiger partial charge >= 0.3 is 6.18 Å². The molecule has 0 aliphatic rings. The summed E-state index contributed by atoms with van der Waals surface area (Å²) in [7, 11) is 0. The van der Waals surface area contributed by atoms with Crippen LogP contribution >= 0.6 is 11.6 Å². The van der Waals surface area contributed by atoms with Crippen LogP contribution in [0.2, 0.25) is 5.02 Å². The van der Waals surface area contributed by atoms with Crippen molar-refractivity contribution < 1.29 is 17.6 Å². The van der Waals surface area contributed by atoms with Gasteiger partial charge in [0.15, 0.2) is 0 Å². The normalized spacial score (nSPS) is 13.8. The third-order valence-corrected chi connectivity index (χ3v) is 2.55. The van der Waals surface area contributed by atoms with Gasteiger partial charge in [0.05, 0.1) is 5.02 Å². The van der Waals surface area contributed by atoms with Crippen LogP contribution in [0.25, 0.3) is 0 Å². The van der Waals surface area contributed by atoms with Crippen molar-refractivity contribution in [2.24, 2.45) is 5.84 Å². The van der Waals surface area contributed by atoms with Crippen LogP contribution in [0.1, 0.15) is 24.4 Å². The van der Waals surface area contributed by atoms with E-state index in [2.05, 4.69) is 5.43 Å². The third kappa shape index (κ3) is 4.49. The van der Waals surface area contributed by atoms with E-state index in [-0.39, 0.29) is 11.4 Å². The summed E-state index contributed by atoms with van der Waals surface area (Å²) in [5.41, 5.74) is 2.68. The second-order valence-corrected chi connectivity index (χ2v) is 3.95. The number of hydrogen-bond donors (Lipinski definition) is 2. The van der Waals surface area contributed by atoms with E-state index in [0.29, 0.717) is 5.56 Å². The Morgan fingerprint density at radius 2 is 2.00 bits per heavy atom. The Bertz CT molecular complexity index is 381. The zero-order valence-corrected chi connectivity index (χ0v) is 9.45. The van der Waals surface area contributed by atoms with Gasteiger partial charge in [0.1, 0.15) is 5.82 Å². The molecule has 0 heterocycles. The summed E-state index contributed by atoms with van der Waals surface area (Å²) in [6.45, 7) is 0. The predicted octanol–water partition coefficient (Wildman–Crippen LogP) is 3.33. The number of benzene rings is 1. The summed E-state index contributed by atoms with van der Waals surface area (Å²) in [6, 6.07) is 2.99. The minimum Gasteiger partial charge on any atom is -0.271 e. The molecule has 7 heteroatoms. The van der Waals surface area contributed by atoms with Crippen LogP contribution in [0.3, 0.4) is 0 Å². The van der Waals surface area contributed by atoms with Crippen LogP contribution in [0, 0.1) is 5.82 Å². The first-order chi connectivity index (χ1) is 7.83. The predicted molar refractivity (Wildman–Crippen MR) is 56.8 cm³/mol. The highest BCUT2D eigenvalue weighted by atomic mass is 35.5. The van der Waals surface area contributed by atoms with Crippen molar-refractivity contribution in [3.63, 3.8) is 0 Å². The molecule has 1 rings (SSSR count). The molecular formula is C10H11ClF4N2. The van der Waals surface area contributed by atoms with Gasteiger partial charge in [-0.2, -0.15) is 13.2 Å².